The fraction of sp³-hybridized carbons (Fsp3) is 0.947. The lowest BCUT2D eigenvalue weighted by atomic mass is 10.2. The van der Waals surface area contributed by atoms with Crippen molar-refractivity contribution < 1.29 is 0 Å². The molecule has 25 heavy (non-hydrogen) atoms. The SMILES string of the molecule is CC(C)N(C(C)C)P(N1CCCN2CCCN=C21)N(C(C)C)C(C)C. The fourth-order valence-electron chi connectivity index (χ4n) is 4.17. The van der Waals surface area contributed by atoms with Crippen molar-refractivity contribution in [3.8, 4) is 0 Å². The Morgan fingerprint density at radius 3 is 1.72 bits per heavy atom. The first-order chi connectivity index (χ1) is 11.8. The van der Waals surface area contributed by atoms with Crippen molar-refractivity contribution in [3.63, 3.8) is 0 Å². The van der Waals surface area contributed by atoms with E-state index in [1.54, 1.807) is 0 Å². The van der Waals surface area contributed by atoms with Gasteiger partial charge in [0.15, 0.2) is 8.37 Å². The van der Waals surface area contributed by atoms with Gasteiger partial charge in [-0.2, -0.15) is 0 Å². The van der Waals surface area contributed by atoms with E-state index in [2.05, 4.69) is 74.3 Å². The molecule has 1 fully saturated rings. The van der Waals surface area contributed by atoms with E-state index in [9.17, 15) is 0 Å². The summed E-state index contributed by atoms with van der Waals surface area (Å²) < 4.78 is 8.13. The zero-order valence-corrected chi connectivity index (χ0v) is 18.6. The van der Waals surface area contributed by atoms with E-state index in [0.717, 1.165) is 13.1 Å². The summed E-state index contributed by atoms with van der Waals surface area (Å²) in [7, 11) is -0.580. The standard InChI is InChI=1S/C19H40N5P/c1-15(2)23(16(3)4)25(24(17(5)6)18(7)8)22-14-10-13-21-12-9-11-20-19(21)22/h15-18H,9-14H2,1-8H3. The first-order valence-electron chi connectivity index (χ1n) is 10.2. The van der Waals surface area contributed by atoms with Crippen LogP contribution >= 0.6 is 8.37 Å². The number of fused-ring (bicyclic) bond motifs is 1. The van der Waals surface area contributed by atoms with Crippen LogP contribution in [0.4, 0.5) is 0 Å². The third-order valence-electron chi connectivity index (χ3n) is 4.90. The summed E-state index contributed by atoms with van der Waals surface area (Å²) in [6.45, 7) is 23.2. The number of nitrogens with zero attached hydrogens (tertiary/aromatic N) is 5. The van der Waals surface area contributed by atoms with Crippen LogP contribution < -0.4 is 0 Å². The van der Waals surface area contributed by atoms with Crippen LogP contribution in [0.5, 0.6) is 0 Å². The van der Waals surface area contributed by atoms with E-state index < -0.39 is 8.37 Å². The summed E-state index contributed by atoms with van der Waals surface area (Å²) in [6.07, 6.45) is 2.44. The average molecular weight is 370 g/mol. The van der Waals surface area contributed by atoms with Gasteiger partial charge < -0.3 is 4.90 Å². The molecule has 0 amide bonds. The zero-order chi connectivity index (χ0) is 18.7. The second kappa shape index (κ2) is 9.01. The third kappa shape index (κ3) is 4.67. The lowest BCUT2D eigenvalue weighted by Gasteiger charge is -2.54. The Labute approximate surface area is 157 Å². The Bertz CT molecular complexity index is 413. The summed E-state index contributed by atoms with van der Waals surface area (Å²) in [5.74, 6) is 1.27. The molecule has 0 bridgehead atoms. The van der Waals surface area contributed by atoms with Crippen LogP contribution in [-0.2, 0) is 0 Å². The monoisotopic (exact) mass is 369 g/mol. The van der Waals surface area contributed by atoms with Crippen LogP contribution in [0.2, 0.25) is 0 Å². The van der Waals surface area contributed by atoms with Crippen LogP contribution in [0.25, 0.3) is 0 Å². The molecule has 0 aromatic rings. The molecule has 0 spiro atoms. The Morgan fingerprint density at radius 2 is 1.24 bits per heavy atom. The number of guanidine groups is 1. The number of hydrogen-bond acceptors (Lipinski definition) is 5. The molecule has 0 aliphatic carbocycles. The predicted octanol–water partition coefficient (Wildman–Crippen LogP) is 4.22. The molecule has 2 rings (SSSR count). The van der Waals surface area contributed by atoms with E-state index in [1.165, 1.54) is 31.9 Å². The minimum Gasteiger partial charge on any atom is -0.342 e. The maximum absolute atomic E-state index is 4.99. The number of rotatable bonds is 7. The molecule has 0 aromatic carbocycles. The normalized spacial score (nSPS) is 19.2. The lowest BCUT2D eigenvalue weighted by molar-refractivity contribution is 0.221. The van der Waals surface area contributed by atoms with E-state index in [0.29, 0.717) is 24.2 Å². The molecule has 0 unspecified atom stereocenters. The van der Waals surface area contributed by atoms with E-state index in [4.69, 9.17) is 4.99 Å². The summed E-state index contributed by atoms with van der Waals surface area (Å²) >= 11 is 0. The van der Waals surface area contributed by atoms with E-state index in [-0.39, 0.29) is 0 Å². The topological polar surface area (TPSA) is 25.3 Å². The summed E-state index contributed by atoms with van der Waals surface area (Å²) in [6, 6.07) is 2.08. The Morgan fingerprint density at radius 1 is 0.760 bits per heavy atom. The van der Waals surface area contributed by atoms with Gasteiger partial charge in [0.1, 0.15) is 0 Å². The highest BCUT2D eigenvalue weighted by atomic mass is 31.2. The second-order valence-electron chi connectivity index (χ2n) is 8.40. The van der Waals surface area contributed by atoms with Gasteiger partial charge in [0, 0.05) is 50.3 Å². The lowest BCUT2D eigenvalue weighted by Crippen LogP contribution is -2.56. The molecular formula is C19H40N5P. The van der Waals surface area contributed by atoms with Crippen LogP contribution in [0.1, 0.15) is 68.2 Å². The number of aliphatic imine (C=N–C) groups is 1. The quantitative estimate of drug-likeness (QED) is 0.628. The van der Waals surface area contributed by atoms with Crippen molar-refractivity contribution in [1.29, 1.82) is 0 Å². The molecule has 0 radical (unpaired) electrons. The Hall–Kier alpha value is -0.380. The van der Waals surface area contributed by atoms with Crippen molar-refractivity contribution in [2.45, 2.75) is 92.4 Å². The van der Waals surface area contributed by atoms with Gasteiger partial charge in [0.05, 0.1) is 0 Å². The fourth-order valence-corrected chi connectivity index (χ4v) is 7.23. The first kappa shape index (κ1) is 20.9. The van der Waals surface area contributed by atoms with Gasteiger partial charge in [-0.1, -0.05) is 0 Å². The maximum atomic E-state index is 4.99. The summed E-state index contributed by atoms with van der Waals surface area (Å²) in [4.78, 5) is 7.52. The molecule has 0 N–H and O–H groups in total. The van der Waals surface area contributed by atoms with Crippen molar-refractivity contribution in [2.75, 3.05) is 26.2 Å². The molecule has 2 aliphatic rings. The van der Waals surface area contributed by atoms with Gasteiger partial charge in [0.2, 0.25) is 5.96 Å². The first-order valence-corrected chi connectivity index (χ1v) is 11.4. The molecule has 1 saturated heterocycles. The van der Waals surface area contributed by atoms with E-state index in [1.807, 2.05) is 0 Å². The molecule has 146 valence electrons. The van der Waals surface area contributed by atoms with Crippen LogP contribution in [0, 0.1) is 0 Å². The molecule has 0 aromatic heterocycles. The van der Waals surface area contributed by atoms with Crippen LogP contribution in [-0.4, -0.2) is 75.2 Å². The van der Waals surface area contributed by atoms with Gasteiger partial charge in [0.25, 0.3) is 0 Å². The largest absolute Gasteiger partial charge is 0.342 e. The number of hydrogen-bond donors (Lipinski definition) is 0. The highest BCUT2D eigenvalue weighted by molar-refractivity contribution is 7.51. The molecule has 2 heterocycles. The molecule has 6 heteroatoms. The molecular weight excluding hydrogens is 329 g/mol. The Kier molecular flexibility index (Phi) is 7.54. The van der Waals surface area contributed by atoms with Gasteiger partial charge in [-0.15, -0.1) is 0 Å². The van der Waals surface area contributed by atoms with Crippen molar-refractivity contribution >= 4 is 14.3 Å². The highest BCUT2D eigenvalue weighted by Crippen LogP contribution is 2.54. The molecule has 2 aliphatic heterocycles. The van der Waals surface area contributed by atoms with Crippen molar-refractivity contribution in [2.24, 2.45) is 4.99 Å². The van der Waals surface area contributed by atoms with Crippen LogP contribution in [0.15, 0.2) is 4.99 Å². The summed E-state index contributed by atoms with van der Waals surface area (Å²) in [5, 5.41) is 0. The van der Waals surface area contributed by atoms with Gasteiger partial charge in [-0.3, -0.25) is 9.66 Å². The molecule has 5 nitrogen and oxygen atoms in total. The molecule has 0 atom stereocenters. The van der Waals surface area contributed by atoms with Gasteiger partial charge >= 0.3 is 0 Å². The second-order valence-corrected chi connectivity index (χ2v) is 10.3. The highest BCUT2D eigenvalue weighted by Gasteiger charge is 2.41. The van der Waals surface area contributed by atoms with Gasteiger partial charge in [-0.05, 0) is 68.2 Å². The predicted molar refractivity (Wildman–Crippen MR) is 111 cm³/mol. The average Bonchev–Trinajstić information content (AvgIpc) is 2.52. The maximum Gasteiger partial charge on any atom is 0.201 e. The smallest absolute Gasteiger partial charge is 0.201 e. The minimum atomic E-state index is -0.580. The van der Waals surface area contributed by atoms with E-state index >= 15 is 0 Å². The zero-order valence-electron chi connectivity index (χ0n) is 17.7. The van der Waals surface area contributed by atoms with Gasteiger partial charge in [-0.25, -0.2) is 9.34 Å². The molecule has 0 saturated carbocycles. The van der Waals surface area contributed by atoms with Crippen molar-refractivity contribution in [1.82, 2.24) is 18.9 Å². The van der Waals surface area contributed by atoms with Crippen LogP contribution in [0.3, 0.4) is 0 Å². The minimum absolute atomic E-state index is 0.519. The Balaban J connectivity index is 2.47. The third-order valence-corrected chi connectivity index (χ3v) is 8.38. The summed E-state index contributed by atoms with van der Waals surface area (Å²) in [5.41, 5.74) is 0. The van der Waals surface area contributed by atoms with Crippen molar-refractivity contribution in [3.05, 3.63) is 0 Å².